The molecule has 0 aliphatic heterocycles. The summed E-state index contributed by atoms with van der Waals surface area (Å²) in [7, 11) is 1.56. The second-order valence-corrected chi connectivity index (χ2v) is 6.55. The van der Waals surface area contributed by atoms with Gasteiger partial charge in [-0.05, 0) is 42.0 Å². The van der Waals surface area contributed by atoms with Crippen molar-refractivity contribution < 1.29 is 14.3 Å². The first-order valence-electron chi connectivity index (χ1n) is 7.54. The standard InChI is InChI=1S/C18H18BrClN2O3/c1-25-15-8-6-14(7-9-15)22(16(23)10-11-20)17(18(21)24)12-2-4-13(19)5-3-12/h2-9,17H,10-11H2,1H3,(H2,21,24). The summed E-state index contributed by atoms with van der Waals surface area (Å²) in [6.07, 6.45) is 0.0912. The summed E-state index contributed by atoms with van der Waals surface area (Å²) >= 11 is 9.09. The Morgan fingerprint density at radius 1 is 1.16 bits per heavy atom. The number of halogens is 2. The number of benzene rings is 2. The lowest BCUT2D eigenvalue weighted by Gasteiger charge is -2.30. The van der Waals surface area contributed by atoms with E-state index in [0.29, 0.717) is 17.0 Å². The van der Waals surface area contributed by atoms with Crippen LogP contribution in [0.25, 0.3) is 0 Å². The SMILES string of the molecule is COc1ccc(N(C(=O)CCCl)C(C(N)=O)c2ccc(Br)cc2)cc1. The summed E-state index contributed by atoms with van der Waals surface area (Å²) in [5.74, 6) is -0.113. The molecule has 2 amide bonds. The molecule has 0 bridgehead atoms. The van der Waals surface area contributed by atoms with Gasteiger partial charge in [0.25, 0.3) is 0 Å². The summed E-state index contributed by atoms with van der Waals surface area (Å²) in [5, 5.41) is 0. The molecule has 0 spiro atoms. The minimum Gasteiger partial charge on any atom is -0.497 e. The smallest absolute Gasteiger partial charge is 0.245 e. The first-order valence-corrected chi connectivity index (χ1v) is 8.87. The van der Waals surface area contributed by atoms with Crippen molar-refractivity contribution in [3.05, 3.63) is 58.6 Å². The molecule has 7 heteroatoms. The zero-order valence-corrected chi connectivity index (χ0v) is 16.0. The van der Waals surface area contributed by atoms with E-state index < -0.39 is 11.9 Å². The fraction of sp³-hybridized carbons (Fsp3) is 0.222. The molecule has 2 rings (SSSR count). The first kappa shape index (κ1) is 19.3. The van der Waals surface area contributed by atoms with Crippen LogP contribution in [0, 0.1) is 0 Å². The predicted molar refractivity (Wildman–Crippen MR) is 102 cm³/mol. The van der Waals surface area contributed by atoms with Gasteiger partial charge in [-0.2, -0.15) is 0 Å². The zero-order valence-electron chi connectivity index (χ0n) is 13.6. The van der Waals surface area contributed by atoms with E-state index in [-0.39, 0.29) is 18.2 Å². The van der Waals surface area contributed by atoms with Crippen LogP contribution in [0.1, 0.15) is 18.0 Å². The Hall–Kier alpha value is -2.05. The first-order chi connectivity index (χ1) is 12.0. The number of ether oxygens (including phenoxy) is 1. The summed E-state index contributed by atoms with van der Waals surface area (Å²) < 4.78 is 6.00. The van der Waals surface area contributed by atoms with Crippen molar-refractivity contribution in [2.45, 2.75) is 12.5 Å². The number of nitrogens with two attached hydrogens (primary N) is 1. The minimum atomic E-state index is -0.933. The highest BCUT2D eigenvalue weighted by Gasteiger charge is 2.30. The van der Waals surface area contributed by atoms with E-state index >= 15 is 0 Å². The lowest BCUT2D eigenvalue weighted by molar-refractivity contribution is -0.124. The largest absolute Gasteiger partial charge is 0.497 e. The lowest BCUT2D eigenvalue weighted by Crippen LogP contribution is -2.42. The minimum absolute atomic E-state index is 0.0912. The van der Waals surface area contributed by atoms with Crippen LogP contribution in [-0.2, 0) is 9.59 Å². The van der Waals surface area contributed by atoms with E-state index in [1.54, 1.807) is 55.6 Å². The molecule has 0 saturated carbocycles. The van der Waals surface area contributed by atoms with E-state index in [0.717, 1.165) is 4.47 Å². The molecule has 0 fully saturated rings. The van der Waals surface area contributed by atoms with Gasteiger partial charge in [0, 0.05) is 22.5 Å². The highest BCUT2D eigenvalue weighted by molar-refractivity contribution is 9.10. The van der Waals surface area contributed by atoms with Gasteiger partial charge in [0.15, 0.2) is 0 Å². The Kier molecular flexibility index (Phi) is 6.84. The average molecular weight is 426 g/mol. The fourth-order valence-corrected chi connectivity index (χ4v) is 2.89. The molecule has 5 nitrogen and oxygen atoms in total. The van der Waals surface area contributed by atoms with Crippen LogP contribution in [0.15, 0.2) is 53.0 Å². The summed E-state index contributed by atoms with van der Waals surface area (Å²) in [5.41, 5.74) is 6.80. The molecule has 25 heavy (non-hydrogen) atoms. The molecule has 0 saturated heterocycles. The molecule has 2 aromatic rings. The van der Waals surface area contributed by atoms with Gasteiger partial charge >= 0.3 is 0 Å². The number of alkyl halides is 1. The van der Waals surface area contributed by atoms with Gasteiger partial charge < -0.3 is 10.5 Å². The van der Waals surface area contributed by atoms with E-state index in [1.165, 1.54) is 4.90 Å². The van der Waals surface area contributed by atoms with Crippen LogP contribution in [0.2, 0.25) is 0 Å². The number of hydrogen-bond acceptors (Lipinski definition) is 3. The van der Waals surface area contributed by atoms with Gasteiger partial charge in [-0.1, -0.05) is 28.1 Å². The second-order valence-electron chi connectivity index (χ2n) is 5.26. The van der Waals surface area contributed by atoms with Crippen LogP contribution in [-0.4, -0.2) is 24.8 Å². The number of methoxy groups -OCH3 is 1. The highest BCUT2D eigenvalue weighted by atomic mass is 79.9. The Balaban J connectivity index is 2.51. The van der Waals surface area contributed by atoms with E-state index in [1.807, 2.05) is 0 Å². The predicted octanol–water partition coefficient (Wildman–Crippen LogP) is 3.65. The van der Waals surface area contributed by atoms with Gasteiger partial charge in [-0.15, -0.1) is 11.6 Å². The van der Waals surface area contributed by atoms with Gasteiger partial charge in [0.05, 0.1) is 7.11 Å². The number of hydrogen-bond donors (Lipinski definition) is 1. The lowest BCUT2D eigenvalue weighted by atomic mass is 10.0. The van der Waals surface area contributed by atoms with Crippen LogP contribution in [0.5, 0.6) is 5.75 Å². The maximum atomic E-state index is 12.7. The van der Waals surface area contributed by atoms with Crippen molar-refractivity contribution in [3.8, 4) is 5.75 Å². The molecule has 2 aromatic carbocycles. The number of amides is 2. The molecule has 0 aromatic heterocycles. The average Bonchev–Trinajstić information content (AvgIpc) is 2.60. The van der Waals surface area contributed by atoms with E-state index in [2.05, 4.69) is 15.9 Å². The number of anilines is 1. The highest BCUT2D eigenvalue weighted by Crippen LogP contribution is 2.30. The normalized spacial score (nSPS) is 11.6. The van der Waals surface area contributed by atoms with Crippen LogP contribution < -0.4 is 15.4 Å². The molecule has 1 atom stereocenters. The Bertz CT molecular complexity index is 735. The fourth-order valence-electron chi connectivity index (χ4n) is 2.47. The van der Waals surface area contributed by atoms with Gasteiger partial charge in [0.1, 0.15) is 11.8 Å². The van der Waals surface area contributed by atoms with Crippen LogP contribution in [0.4, 0.5) is 5.69 Å². The van der Waals surface area contributed by atoms with Gasteiger partial charge in [-0.3, -0.25) is 14.5 Å². The van der Waals surface area contributed by atoms with Crippen LogP contribution >= 0.6 is 27.5 Å². The molecule has 0 aliphatic carbocycles. The number of rotatable bonds is 7. The third-order valence-corrected chi connectivity index (χ3v) is 4.36. The molecular formula is C18H18BrClN2O3. The Morgan fingerprint density at radius 2 is 1.76 bits per heavy atom. The van der Waals surface area contributed by atoms with Gasteiger partial charge in [-0.25, -0.2) is 0 Å². The maximum Gasteiger partial charge on any atom is 0.245 e. The topological polar surface area (TPSA) is 72.6 Å². The molecular weight excluding hydrogens is 408 g/mol. The van der Waals surface area contributed by atoms with E-state index in [9.17, 15) is 9.59 Å². The summed E-state index contributed by atoms with van der Waals surface area (Å²) in [4.78, 5) is 26.3. The Labute approximate surface area is 159 Å². The van der Waals surface area contributed by atoms with Crippen molar-refractivity contribution in [1.29, 1.82) is 0 Å². The quantitative estimate of drug-likeness (QED) is 0.688. The van der Waals surface area contributed by atoms with Crippen molar-refractivity contribution in [3.63, 3.8) is 0 Å². The summed E-state index contributed by atoms with van der Waals surface area (Å²) in [6, 6.07) is 13.0. The zero-order chi connectivity index (χ0) is 18.4. The molecule has 0 heterocycles. The third kappa shape index (κ3) is 4.74. The van der Waals surface area contributed by atoms with Gasteiger partial charge in [0.2, 0.25) is 11.8 Å². The van der Waals surface area contributed by atoms with Crippen molar-refractivity contribution in [1.82, 2.24) is 0 Å². The third-order valence-electron chi connectivity index (χ3n) is 3.64. The van der Waals surface area contributed by atoms with E-state index in [4.69, 9.17) is 22.1 Å². The molecule has 1 unspecified atom stereocenters. The number of nitrogens with zero attached hydrogens (tertiary/aromatic N) is 1. The van der Waals surface area contributed by atoms with Crippen LogP contribution in [0.3, 0.4) is 0 Å². The summed E-state index contributed by atoms with van der Waals surface area (Å²) in [6.45, 7) is 0. The second kappa shape index (κ2) is 8.87. The molecule has 0 aliphatic rings. The van der Waals surface area contributed by atoms with Crippen molar-refractivity contribution in [2.75, 3.05) is 17.9 Å². The van der Waals surface area contributed by atoms with Crippen molar-refractivity contribution >= 4 is 45.0 Å². The molecule has 0 radical (unpaired) electrons. The Morgan fingerprint density at radius 3 is 2.24 bits per heavy atom. The molecule has 132 valence electrons. The monoisotopic (exact) mass is 424 g/mol. The number of carbonyl (C=O) groups is 2. The maximum absolute atomic E-state index is 12.7. The number of primary amides is 1. The van der Waals surface area contributed by atoms with Crippen molar-refractivity contribution in [2.24, 2.45) is 5.73 Å². The molecule has 2 N–H and O–H groups in total. The number of carbonyl (C=O) groups excluding carboxylic acids is 2.